The molecule has 1 aromatic carbocycles. The Labute approximate surface area is 109 Å². The summed E-state index contributed by atoms with van der Waals surface area (Å²) in [6.45, 7) is 0. The van der Waals surface area contributed by atoms with Crippen LogP contribution in [0.1, 0.15) is 10.4 Å². The average molecular weight is 311 g/mol. The lowest BCUT2D eigenvalue weighted by Gasteiger charge is -2.02. The lowest BCUT2D eigenvalue weighted by atomic mass is 10.2. The van der Waals surface area contributed by atoms with Crippen LogP contribution in [-0.2, 0) is 0 Å². The van der Waals surface area contributed by atoms with Crippen molar-refractivity contribution >= 4 is 27.5 Å². The number of amides is 1. The molecule has 2 aromatic rings. The van der Waals surface area contributed by atoms with Crippen LogP contribution in [0.15, 0.2) is 35.1 Å². The van der Waals surface area contributed by atoms with Gasteiger partial charge >= 0.3 is 0 Å². The van der Waals surface area contributed by atoms with E-state index >= 15 is 0 Å². The van der Waals surface area contributed by atoms with Crippen molar-refractivity contribution in [2.45, 2.75) is 0 Å². The van der Waals surface area contributed by atoms with Crippen LogP contribution in [0, 0.1) is 10.1 Å². The summed E-state index contributed by atoms with van der Waals surface area (Å²) in [5, 5.41) is 14.8. The fourth-order valence-corrected chi connectivity index (χ4v) is 1.77. The second-order valence-corrected chi connectivity index (χ2v) is 4.34. The van der Waals surface area contributed by atoms with Gasteiger partial charge in [-0.15, -0.1) is 0 Å². The number of carbonyl (C=O) groups is 1. The molecule has 0 spiro atoms. The summed E-state index contributed by atoms with van der Waals surface area (Å²) in [6.07, 6.45) is 2.60. The average Bonchev–Trinajstić information content (AvgIpc) is 2.78. The van der Waals surface area contributed by atoms with Crippen LogP contribution in [0.5, 0.6) is 0 Å². The number of carbonyl (C=O) groups excluding carboxylic acids is 1. The summed E-state index contributed by atoms with van der Waals surface area (Å²) < 4.78 is 1.82. The van der Waals surface area contributed by atoms with Crippen molar-refractivity contribution in [2.24, 2.45) is 5.73 Å². The molecule has 0 bridgehead atoms. The topological polar surface area (TPSA) is 104 Å². The summed E-state index contributed by atoms with van der Waals surface area (Å²) in [5.41, 5.74) is 5.42. The Kier molecular flexibility index (Phi) is 3.11. The Hall–Kier alpha value is -2.22. The molecule has 0 aliphatic rings. The molecule has 0 aliphatic heterocycles. The van der Waals surface area contributed by atoms with Gasteiger partial charge in [0, 0.05) is 16.7 Å². The smallest absolute Gasteiger partial charge is 0.295 e. The molecule has 8 heteroatoms. The number of nitrogens with zero attached hydrogens (tertiary/aromatic N) is 3. The highest BCUT2D eigenvalue weighted by molar-refractivity contribution is 9.10. The molecule has 0 aliphatic carbocycles. The number of nitrogens with two attached hydrogens (primary N) is 1. The monoisotopic (exact) mass is 310 g/mol. The Bertz CT molecular complexity index is 638. The molecule has 1 amide bonds. The van der Waals surface area contributed by atoms with Crippen LogP contribution in [-0.4, -0.2) is 20.6 Å². The number of nitro groups is 1. The highest BCUT2D eigenvalue weighted by atomic mass is 79.9. The van der Waals surface area contributed by atoms with E-state index in [9.17, 15) is 14.9 Å². The van der Waals surface area contributed by atoms with E-state index in [0.29, 0.717) is 4.47 Å². The zero-order valence-electron chi connectivity index (χ0n) is 8.91. The zero-order chi connectivity index (χ0) is 13.3. The highest BCUT2D eigenvalue weighted by Gasteiger charge is 2.17. The van der Waals surface area contributed by atoms with Crippen molar-refractivity contribution in [1.82, 2.24) is 9.78 Å². The molecule has 0 atom stereocenters. The second-order valence-electron chi connectivity index (χ2n) is 3.43. The van der Waals surface area contributed by atoms with Gasteiger partial charge in [0.1, 0.15) is 5.69 Å². The predicted octanol–water partition coefficient (Wildman–Crippen LogP) is 1.64. The molecule has 1 heterocycles. The van der Waals surface area contributed by atoms with Crippen molar-refractivity contribution < 1.29 is 9.72 Å². The second kappa shape index (κ2) is 4.57. The largest absolute Gasteiger partial charge is 0.366 e. The van der Waals surface area contributed by atoms with Gasteiger partial charge in [0.05, 0.1) is 16.7 Å². The Morgan fingerprint density at radius 2 is 2.22 bits per heavy atom. The summed E-state index contributed by atoms with van der Waals surface area (Å²) in [6, 6.07) is 4.54. The Morgan fingerprint density at radius 3 is 2.78 bits per heavy atom. The number of hydrogen-bond acceptors (Lipinski definition) is 4. The van der Waals surface area contributed by atoms with E-state index in [-0.39, 0.29) is 16.9 Å². The SMILES string of the molecule is NC(=O)c1cnn(-c2ccc(Br)cc2[N+](=O)[O-])c1. The molecule has 0 saturated heterocycles. The van der Waals surface area contributed by atoms with Gasteiger partial charge in [0.25, 0.3) is 11.6 Å². The number of primary amides is 1. The van der Waals surface area contributed by atoms with Gasteiger partial charge < -0.3 is 5.73 Å². The lowest BCUT2D eigenvalue weighted by Crippen LogP contribution is -2.09. The van der Waals surface area contributed by atoms with E-state index < -0.39 is 10.8 Å². The molecular formula is C10H7BrN4O3. The van der Waals surface area contributed by atoms with Crippen LogP contribution in [0.3, 0.4) is 0 Å². The summed E-state index contributed by atoms with van der Waals surface area (Å²) in [4.78, 5) is 21.4. The van der Waals surface area contributed by atoms with E-state index in [1.165, 1.54) is 29.2 Å². The Morgan fingerprint density at radius 1 is 1.50 bits per heavy atom. The first kappa shape index (κ1) is 12.2. The number of aromatic nitrogens is 2. The normalized spacial score (nSPS) is 10.3. The van der Waals surface area contributed by atoms with Crippen molar-refractivity contribution in [2.75, 3.05) is 0 Å². The highest BCUT2D eigenvalue weighted by Crippen LogP contribution is 2.26. The maximum absolute atomic E-state index is 10.9. The van der Waals surface area contributed by atoms with Gasteiger partial charge in [-0.05, 0) is 12.1 Å². The van der Waals surface area contributed by atoms with Crippen LogP contribution in [0.4, 0.5) is 5.69 Å². The number of benzene rings is 1. The minimum atomic E-state index is -0.638. The molecule has 7 nitrogen and oxygen atoms in total. The van der Waals surface area contributed by atoms with E-state index in [1.54, 1.807) is 6.07 Å². The third-order valence-corrected chi connectivity index (χ3v) is 2.74. The first-order valence-corrected chi connectivity index (χ1v) is 5.57. The number of nitro benzene ring substituents is 1. The van der Waals surface area contributed by atoms with Crippen LogP contribution < -0.4 is 5.73 Å². The molecule has 92 valence electrons. The minimum absolute atomic E-state index is 0.122. The number of halogens is 1. The minimum Gasteiger partial charge on any atom is -0.366 e. The number of rotatable bonds is 3. The van der Waals surface area contributed by atoms with Crippen LogP contribution in [0.25, 0.3) is 5.69 Å². The molecule has 0 fully saturated rings. The van der Waals surface area contributed by atoms with E-state index in [2.05, 4.69) is 21.0 Å². The van der Waals surface area contributed by atoms with Crippen molar-refractivity contribution in [3.8, 4) is 5.69 Å². The standard InChI is InChI=1S/C10H7BrN4O3/c11-7-1-2-8(9(3-7)15(17)18)14-5-6(4-13-14)10(12)16/h1-5H,(H2,12,16). The summed E-state index contributed by atoms with van der Waals surface area (Å²) in [7, 11) is 0. The molecule has 2 rings (SSSR count). The predicted molar refractivity (Wildman–Crippen MR) is 66.4 cm³/mol. The van der Waals surface area contributed by atoms with Gasteiger partial charge in [-0.2, -0.15) is 5.10 Å². The van der Waals surface area contributed by atoms with Gasteiger partial charge in [-0.1, -0.05) is 15.9 Å². The molecular weight excluding hydrogens is 304 g/mol. The third kappa shape index (κ3) is 2.23. The molecule has 0 radical (unpaired) electrons. The summed E-state index contributed by atoms with van der Waals surface area (Å²) >= 11 is 3.16. The van der Waals surface area contributed by atoms with Crippen LogP contribution in [0.2, 0.25) is 0 Å². The lowest BCUT2D eigenvalue weighted by molar-refractivity contribution is -0.384. The molecule has 0 unspecified atom stereocenters. The van der Waals surface area contributed by atoms with Gasteiger partial charge in [-0.3, -0.25) is 14.9 Å². The molecule has 18 heavy (non-hydrogen) atoms. The van der Waals surface area contributed by atoms with Crippen molar-refractivity contribution in [1.29, 1.82) is 0 Å². The molecule has 2 N–H and O–H groups in total. The molecule has 0 saturated carbocycles. The maximum Gasteiger partial charge on any atom is 0.295 e. The first-order chi connectivity index (χ1) is 8.49. The third-order valence-electron chi connectivity index (χ3n) is 2.25. The quantitative estimate of drug-likeness (QED) is 0.687. The number of hydrogen-bond donors (Lipinski definition) is 1. The van der Waals surface area contributed by atoms with Crippen LogP contribution >= 0.6 is 15.9 Å². The van der Waals surface area contributed by atoms with Gasteiger partial charge in [-0.25, -0.2) is 4.68 Å². The fourth-order valence-electron chi connectivity index (χ4n) is 1.42. The van der Waals surface area contributed by atoms with Crippen molar-refractivity contribution in [3.63, 3.8) is 0 Å². The van der Waals surface area contributed by atoms with E-state index in [4.69, 9.17) is 5.73 Å². The van der Waals surface area contributed by atoms with E-state index in [1.807, 2.05) is 0 Å². The Balaban J connectivity index is 2.55. The fraction of sp³-hybridized carbons (Fsp3) is 0. The zero-order valence-corrected chi connectivity index (χ0v) is 10.5. The van der Waals surface area contributed by atoms with Crippen molar-refractivity contribution in [3.05, 3.63) is 50.7 Å². The van der Waals surface area contributed by atoms with E-state index in [0.717, 1.165) is 0 Å². The first-order valence-electron chi connectivity index (χ1n) is 4.78. The molecule has 1 aromatic heterocycles. The van der Waals surface area contributed by atoms with Gasteiger partial charge in [0.15, 0.2) is 0 Å². The van der Waals surface area contributed by atoms with Gasteiger partial charge in [0.2, 0.25) is 0 Å². The maximum atomic E-state index is 10.9. The summed E-state index contributed by atoms with van der Waals surface area (Å²) in [5.74, 6) is -0.638.